The van der Waals surface area contributed by atoms with Crippen LogP contribution in [0.1, 0.15) is 37.1 Å². The molecule has 20 heavy (non-hydrogen) atoms. The number of benzene rings is 1. The van der Waals surface area contributed by atoms with E-state index in [-0.39, 0.29) is 5.82 Å². The van der Waals surface area contributed by atoms with Crippen LogP contribution in [0.15, 0.2) is 22.7 Å². The normalized spacial score (nSPS) is 10.9. The number of halogens is 1. The molecule has 0 radical (unpaired) electrons. The molecule has 0 aliphatic carbocycles. The van der Waals surface area contributed by atoms with E-state index in [1.165, 1.54) is 6.07 Å². The zero-order valence-corrected chi connectivity index (χ0v) is 11.7. The fourth-order valence-corrected chi connectivity index (χ4v) is 1.98. The maximum absolute atomic E-state index is 13.5. The molecule has 4 nitrogen and oxygen atoms in total. The Bertz CT molecular complexity index is 554. The SMILES string of the molecule is Cc1ccc(-c2noc(CCCCCCN)n2)cc1F. The number of unbranched alkanes of at least 4 members (excludes halogenated alkanes) is 3. The van der Waals surface area contributed by atoms with Crippen molar-refractivity contribution in [3.8, 4) is 11.4 Å². The summed E-state index contributed by atoms with van der Waals surface area (Å²) in [7, 11) is 0. The number of hydrogen-bond donors (Lipinski definition) is 1. The lowest BCUT2D eigenvalue weighted by molar-refractivity contribution is 0.374. The maximum Gasteiger partial charge on any atom is 0.226 e. The van der Waals surface area contributed by atoms with Gasteiger partial charge in [-0.25, -0.2) is 4.39 Å². The van der Waals surface area contributed by atoms with Gasteiger partial charge in [-0.05, 0) is 37.9 Å². The highest BCUT2D eigenvalue weighted by molar-refractivity contribution is 5.54. The summed E-state index contributed by atoms with van der Waals surface area (Å²) in [5.74, 6) is 0.797. The second-order valence-electron chi connectivity index (χ2n) is 4.93. The highest BCUT2D eigenvalue weighted by Gasteiger charge is 2.10. The van der Waals surface area contributed by atoms with E-state index in [0.717, 1.165) is 38.6 Å². The van der Waals surface area contributed by atoms with Crippen molar-refractivity contribution in [1.29, 1.82) is 0 Å². The van der Waals surface area contributed by atoms with Crippen molar-refractivity contribution in [2.75, 3.05) is 6.54 Å². The predicted molar refractivity (Wildman–Crippen MR) is 75.7 cm³/mol. The number of hydrogen-bond acceptors (Lipinski definition) is 4. The van der Waals surface area contributed by atoms with Gasteiger partial charge in [0.15, 0.2) is 0 Å². The summed E-state index contributed by atoms with van der Waals surface area (Å²) >= 11 is 0. The van der Waals surface area contributed by atoms with Gasteiger partial charge in [0.1, 0.15) is 5.82 Å². The second kappa shape index (κ2) is 7.14. The summed E-state index contributed by atoms with van der Waals surface area (Å²) < 4.78 is 18.7. The Balaban J connectivity index is 1.93. The number of nitrogens with two attached hydrogens (primary N) is 1. The van der Waals surface area contributed by atoms with E-state index in [0.29, 0.717) is 22.8 Å². The molecule has 0 aliphatic heterocycles. The van der Waals surface area contributed by atoms with E-state index in [4.69, 9.17) is 10.3 Å². The van der Waals surface area contributed by atoms with Gasteiger partial charge in [0, 0.05) is 12.0 Å². The number of aromatic nitrogens is 2. The Morgan fingerprint density at radius 1 is 1.20 bits per heavy atom. The summed E-state index contributed by atoms with van der Waals surface area (Å²) in [6, 6.07) is 4.95. The average molecular weight is 277 g/mol. The van der Waals surface area contributed by atoms with Gasteiger partial charge in [-0.1, -0.05) is 30.1 Å². The fourth-order valence-electron chi connectivity index (χ4n) is 1.98. The van der Waals surface area contributed by atoms with E-state index >= 15 is 0 Å². The molecule has 0 unspecified atom stereocenters. The van der Waals surface area contributed by atoms with Crippen LogP contribution in [0.5, 0.6) is 0 Å². The van der Waals surface area contributed by atoms with Gasteiger partial charge in [0.25, 0.3) is 0 Å². The molecular formula is C15H20FN3O. The van der Waals surface area contributed by atoms with Crippen molar-refractivity contribution in [2.24, 2.45) is 5.73 Å². The minimum absolute atomic E-state index is 0.254. The van der Waals surface area contributed by atoms with Crippen molar-refractivity contribution in [1.82, 2.24) is 10.1 Å². The molecule has 0 saturated carbocycles. The number of aryl methyl sites for hydroxylation is 2. The molecule has 0 bridgehead atoms. The first kappa shape index (κ1) is 14.7. The summed E-state index contributed by atoms with van der Waals surface area (Å²) in [5, 5.41) is 3.90. The van der Waals surface area contributed by atoms with Gasteiger partial charge < -0.3 is 10.3 Å². The van der Waals surface area contributed by atoms with Crippen LogP contribution in [0.25, 0.3) is 11.4 Å². The van der Waals surface area contributed by atoms with Crippen molar-refractivity contribution >= 4 is 0 Å². The van der Waals surface area contributed by atoms with Gasteiger partial charge in [-0.15, -0.1) is 0 Å². The summed E-state index contributed by atoms with van der Waals surface area (Å²) in [6.45, 7) is 2.46. The molecule has 0 atom stereocenters. The molecule has 0 aliphatic rings. The van der Waals surface area contributed by atoms with Crippen LogP contribution in [0.2, 0.25) is 0 Å². The third-order valence-corrected chi connectivity index (χ3v) is 3.24. The Hall–Kier alpha value is -1.75. The lowest BCUT2D eigenvalue weighted by atomic mass is 10.1. The lowest BCUT2D eigenvalue weighted by Gasteiger charge is -1.98. The van der Waals surface area contributed by atoms with E-state index < -0.39 is 0 Å². The largest absolute Gasteiger partial charge is 0.339 e. The summed E-state index contributed by atoms with van der Waals surface area (Å²) in [5.41, 5.74) is 6.69. The topological polar surface area (TPSA) is 64.9 Å². The predicted octanol–water partition coefficient (Wildman–Crippen LogP) is 3.25. The van der Waals surface area contributed by atoms with Crippen LogP contribution in [0.4, 0.5) is 4.39 Å². The van der Waals surface area contributed by atoms with Crippen molar-refractivity contribution < 1.29 is 8.91 Å². The number of nitrogens with zero attached hydrogens (tertiary/aromatic N) is 2. The molecule has 2 rings (SSSR count). The fraction of sp³-hybridized carbons (Fsp3) is 0.467. The van der Waals surface area contributed by atoms with Crippen LogP contribution in [0.3, 0.4) is 0 Å². The molecule has 0 saturated heterocycles. The van der Waals surface area contributed by atoms with E-state index in [1.54, 1.807) is 19.1 Å². The monoisotopic (exact) mass is 277 g/mol. The van der Waals surface area contributed by atoms with Crippen LogP contribution in [-0.2, 0) is 6.42 Å². The van der Waals surface area contributed by atoms with Gasteiger partial charge >= 0.3 is 0 Å². The smallest absolute Gasteiger partial charge is 0.226 e. The standard InChI is InChI=1S/C15H20FN3O/c1-11-7-8-12(10-13(11)16)15-18-14(20-19-15)6-4-2-3-5-9-17/h7-8,10H,2-6,9,17H2,1H3. The average Bonchev–Trinajstić information content (AvgIpc) is 2.90. The van der Waals surface area contributed by atoms with Gasteiger partial charge in [-0.2, -0.15) is 4.98 Å². The molecule has 0 spiro atoms. The Kier molecular flexibility index (Phi) is 5.24. The first-order valence-electron chi connectivity index (χ1n) is 7.00. The zero-order chi connectivity index (χ0) is 14.4. The van der Waals surface area contributed by atoms with Gasteiger partial charge in [0.05, 0.1) is 0 Å². The molecule has 0 amide bonds. The van der Waals surface area contributed by atoms with Crippen molar-refractivity contribution in [3.63, 3.8) is 0 Å². The molecule has 5 heteroatoms. The molecule has 1 heterocycles. The molecule has 2 aromatic rings. The summed E-state index contributed by atoms with van der Waals surface area (Å²) in [6.07, 6.45) is 5.04. The summed E-state index contributed by atoms with van der Waals surface area (Å²) in [4.78, 5) is 4.30. The van der Waals surface area contributed by atoms with Crippen LogP contribution in [0, 0.1) is 12.7 Å². The third kappa shape index (κ3) is 3.87. The third-order valence-electron chi connectivity index (χ3n) is 3.24. The van der Waals surface area contributed by atoms with Crippen LogP contribution >= 0.6 is 0 Å². The van der Waals surface area contributed by atoms with Crippen molar-refractivity contribution in [3.05, 3.63) is 35.5 Å². The van der Waals surface area contributed by atoms with E-state index in [9.17, 15) is 4.39 Å². The molecule has 0 fully saturated rings. The minimum atomic E-state index is -0.254. The van der Waals surface area contributed by atoms with Crippen LogP contribution in [-0.4, -0.2) is 16.7 Å². The molecule has 1 aromatic carbocycles. The molecule has 1 aromatic heterocycles. The second-order valence-corrected chi connectivity index (χ2v) is 4.93. The minimum Gasteiger partial charge on any atom is -0.339 e. The quantitative estimate of drug-likeness (QED) is 0.789. The first-order chi connectivity index (χ1) is 9.70. The lowest BCUT2D eigenvalue weighted by Crippen LogP contribution is -1.97. The molecule has 2 N–H and O–H groups in total. The Morgan fingerprint density at radius 2 is 2.00 bits per heavy atom. The van der Waals surface area contributed by atoms with Gasteiger partial charge in [0.2, 0.25) is 11.7 Å². The van der Waals surface area contributed by atoms with Gasteiger partial charge in [-0.3, -0.25) is 0 Å². The molecule has 108 valence electrons. The van der Waals surface area contributed by atoms with Crippen LogP contribution < -0.4 is 5.73 Å². The molecular weight excluding hydrogens is 257 g/mol. The maximum atomic E-state index is 13.5. The van der Waals surface area contributed by atoms with E-state index in [2.05, 4.69) is 10.1 Å². The number of rotatable bonds is 7. The zero-order valence-electron chi connectivity index (χ0n) is 11.7. The highest BCUT2D eigenvalue weighted by atomic mass is 19.1. The van der Waals surface area contributed by atoms with E-state index in [1.807, 2.05) is 0 Å². The first-order valence-corrected chi connectivity index (χ1v) is 7.00. The highest BCUT2D eigenvalue weighted by Crippen LogP contribution is 2.19. The van der Waals surface area contributed by atoms with Crippen molar-refractivity contribution in [2.45, 2.75) is 39.0 Å². The Morgan fingerprint density at radius 3 is 2.75 bits per heavy atom. The Labute approximate surface area is 118 Å².